The van der Waals surface area contributed by atoms with Gasteiger partial charge in [0.25, 0.3) is 0 Å². The van der Waals surface area contributed by atoms with Crippen LogP contribution in [0.3, 0.4) is 0 Å². The molecule has 0 fully saturated rings. The number of hydrogen-bond donors (Lipinski definition) is 2. The van der Waals surface area contributed by atoms with Gasteiger partial charge in [-0.1, -0.05) is 27.5 Å². The number of carboxylic acids is 1. The lowest BCUT2D eigenvalue weighted by Gasteiger charge is -2.07. The monoisotopic (exact) mass is 329 g/mol. The van der Waals surface area contributed by atoms with Gasteiger partial charge in [0.05, 0.1) is 23.5 Å². The van der Waals surface area contributed by atoms with E-state index >= 15 is 0 Å². The van der Waals surface area contributed by atoms with Crippen LogP contribution in [0.4, 0.5) is 5.69 Å². The van der Waals surface area contributed by atoms with Gasteiger partial charge in [0.15, 0.2) is 0 Å². The van der Waals surface area contributed by atoms with E-state index in [0.717, 1.165) is 4.47 Å². The minimum Gasteiger partial charge on any atom is -0.478 e. The Morgan fingerprint density at radius 2 is 2.22 bits per heavy atom. The number of carbonyl (C=O) groups is 1. The molecule has 2 rings (SSSR count). The Labute approximate surface area is 117 Å². The zero-order valence-electron chi connectivity index (χ0n) is 9.11. The maximum Gasteiger partial charge on any atom is 0.339 e. The van der Waals surface area contributed by atoms with Crippen LogP contribution in [0, 0.1) is 0 Å². The van der Waals surface area contributed by atoms with Crippen molar-refractivity contribution < 1.29 is 14.3 Å². The van der Waals surface area contributed by atoms with Crippen molar-refractivity contribution >= 4 is 39.2 Å². The number of carboxylic acid groups (broad SMARTS) is 1. The molecular formula is C12H9BrClNO3. The lowest BCUT2D eigenvalue weighted by atomic mass is 10.2. The van der Waals surface area contributed by atoms with Gasteiger partial charge in [0, 0.05) is 4.47 Å². The number of nitrogens with one attached hydrogen (secondary N) is 1. The number of rotatable bonds is 4. The van der Waals surface area contributed by atoms with E-state index in [1.807, 2.05) is 6.07 Å². The van der Waals surface area contributed by atoms with Crippen LogP contribution in [-0.2, 0) is 6.54 Å². The molecule has 0 spiro atoms. The van der Waals surface area contributed by atoms with E-state index in [2.05, 4.69) is 21.2 Å². The number of aromatic carboxylic acids is 1. The lowest BCUT2D eigenvalue weighted by molar-refractivity contribution is 0.0694. The van der Waals surface area contributed by atoms with Crippen molar-refractivity contribution in [3.05, 3.63) is 51.3 Å². The van der Waals surface area contributed by atoms with Gasteiger partial charge < -0.3 is 14.8 Å². The van der Waals surface area contributed by atoms with Crippen LogP contribution < -0.4 is 5.32 Å². The summed E-state index contributed by atoms with van der Waals surface area (Å²) in [5, 5.41) is 12.5. The molecule has 0 atom stereocenters. The number of anilines is 1. The van der Waals surface area contributed by atoms with E-state index < -0.39 is 5.97 Å². The summed E-state index contributed by atoms with van der Waals surface area (Å²) in [6.45, 7) is 0.260. The van der Waals surface area contributed by atoms with Crippen LogP contribution in [0.25, 0.3) is 0 Å². The molecule has 0 amide bonds. The van der Waals surface area contributed by atoms with Crippen molar-refractivity contribution in [3.63, 3.8) is 0 Å². The summed E-state index contributed by atoms with van der Waals surface area (Å²) in [4.78, 5) is 10.9. The average molecular weight is 331 g/mol. The summed E-state index contributed by atoms with van der Waals surface area (Å²) in [5.74, 6) is -0.649. The molecule has 94 valence electrons. The molecule has 2 N–H and O–H groups in total. The Kier molecular flexibility index (Phi) is 3.93. The molecule has 0 radical (unpaired) electrons. The molecule has 2 aromatic rings. The zero-order valence-corrected chi connectivity index (χ0v) is 11.5. The van der Waals surface area contributed by atoms with Gasteiger partial charge in [-0.2, -0.15) is 0 Å². The molecule has 1 aromatic heterocycles. The van der Waals surface area contributed by atoms with Gasteiger partial charge in [0.2, 0.25) is 0 Å². The van der Waals surface area contributed by atoms with Gasteiger partial charge in [-0.15, -0.1) is 0 Å². The van der Waals surface area contributed by atoms with Crippen molar-refractivity contribution in [1.29, 1.82) is 0 Å². The first-order chi connectivity index (χ1) is 8.58. The third kappa shape index (κ3) is 2.86. The fraction of sp³-hybridized carbons (Fsp3) is 0.0833. The first kappa shape index (κ1) is 13.0. The maximum atomic E-state index is 10.9. The fourth-order valence-corrected chi connectivity index (χ4v) is 2.22. The lowest BCUT2D eigenvalue weighted by Crippen LogP contribution is -2.04. The molecule has 0 saturated carbocycles. The first-order valence-corrected chi connectivity index (χ1v) is 6.23. The summed E-state index contributed by atoms with van der Waals surface area (Å²) < 4.78 is 5.99. The Morgan fingerprint density at radius 3 is 2.89 bits per heavy atom. The number of furan rings is 1. The average Bonchev–Trinajstić information content (AvgIpc) is 2.76. The summed E-state index contributed by atoms with van der Waals surface area (Å²) in [5.41, 5.74) is 0.864. The van der Waals surface area contributed by atoms with E-state index in [1.165, 1.54) is 12.3 Å². The molecule has 0 aliphatic heterocycles. The van der Waals surface area contributed by atoms with E-state index in [-0.39, 0.29) is 12.1 Å². The van der Waals surface area contributed by atoms with Crippen LogP contribution in [-0.4, -0.2) is 11.1 Å². The van der Waals surface area contributed by atoms with Crippen LogP contribution in [0.5, 0.6) is 0 Å². The quantitative estimate of drug-likeness (QED) is 0.889. The second-order valence-electron chi connectivity index (χ2n) is 3.54. The highest BCUT2D eigenvalue weighted by Gasteiger charge is 2.13. The Hall–Kier alpha value is -1.46. The largest absolute Gasteiger partial charge is 0.478 e. The Morgan fingerprint density at radius 1 is 1.44 bits per heavy atom. The Balaban J connectivity index is 2.11. The third-order valence-corrected chi connectivity index (χ3v) is 3.15. The number of benzene rings is 1. The van der Waals surface area contributed by atoms with Crippen molar-refractivity contribution in [2.75, 3.05) is 5.32 Å². The third-order valence-electron chi connectivity index (χ3n) is 2.35. The highest BCUT2D eigenvalue weighted by atomic mass is 79.9. The molecule has 1 heterocycles. The Bertz CT molecular complexity index is 582. The fourth-order valence-electron chi connectivity index (χ4n) is 1.48. The van der Waals surface area contributed by atoms with Gasteiger partial charge >= 0.3 is 5.97 Å². The molecule has 0 unspecified atom stereocenters. The van der Waals surface area contributed by atoms with Gasteiger partial charge in [0.1, 0.15) is 11.3 Å². The second-order valence-corrected chi connectivity index (χ2v) is 4.86. The van der Waals surface area contributed by atoms with E-state index in [4.69, 9.17) is 21.1 Å². The van der Waals surface area contributed by atoms with E-state index in [0.29, 0.717) is 16.5 Å². The van der Waals surface area contributed by atoms with Crippen LogP contribution in [0.15, 0.2) is 39.4 Å². The molecule has 4 nitrogen and oxygen atoms in total. The number of halogens is 2. The predicted octanol–water partition coefficient (Wildman–Crippen LogP) is 4.01. The minimum absolute atomic E-state index is 0.149. The van der Waals surface area contributed by atoms with Gasteiger partial charge in [-0.05, 0) is 24.3 Å². The highest BCUT2D eigenvalue weighted by Crippen LogP contribution is 2.26. The molecule has 1 aromatic carbocycles. The minimum atomic E-state index is -1.01. The van der Waals surface area contributed by atoms with Crippen molar-refractivity contribution in [1.82, 2.24) is 0 Å². The normalized spacial score (nSPS) is 10.3. The highest BCUT2D eigenvalue weighted by molar-refractivity contribution is 9.10. The van der Waals surface area contributed by atoms with Crippen LogP contribution in [0.2, 0.25) is 5.02 Å². The summed E-state index contributed by atoms with van der Waals surface area (Å²) in [7, 11) is 0. The molecule has 6 heteroatoms. The van der Waals surface area contributed by atoms with E-state index in [1.54, 1.807) is 12.1 Å². The topological polar surface area (TPSA) is 62.5 Å². The van der Waals surface area contributed by atoms with Crippen LogP contribution >= 0.6 is 27.5 Å². The molecular weight excluding hydrogens is 321 g/mol. The SMILES string of the molecule is O=C(O)c1ccoc1CNc1ccc(Br)cc1Cl. The van der Waals surface area contributed by atoms with Crippen molar-refractivity contribution in [2.24, 2.45) is 0 Å². The van der Waals surface area contributed by atoms with Gasteiger partial charge in [-0.25, -0.2) is 4.79 Å². The molecule has 0 aliphatic rings. The zero-order chi connectivity index (χ0) is 13.1. The molecule has 0 saturated heterocycles. The predicted molar refractivity (Wildman–Crippen MR) is 72.1 cm³/mol. The van der Waals surface area contributed by atoms with Gasteiger partial charge in [-0.3, -0.25) is 0 Å². The summed E-state index contributed by atoms with van der Waals surface area (Å²) in [6, 6.07) is 6.82. The second kappa shape index (κ2) is 5.46. The summed E-state index contributed by atoms with van der Waals surface area (Å²) >= 11 is 9.34. The molecule has 0 aliphatic carbocycles. The van der Waals surface area contributed by atoms with E-state index in [9.17, 15) is 4.79 Å². The summed E-state index contributed by atoms with van der Waals surface area (Å²) in [6.07, 6.45) is 1.35. The standard InChI is InChI=1S/C12H9BrClNO3/c13-7-1-2-10(9(14)5-7)15-6-11-8(12(16)17)3-4-18-11/h1-5,15H,6H2,(H,16,17). The molecule has 0 bridgehead atoms. The van der Waals surface area contributed by atoms with Crippen molar-refractivity contribution in [2.45, 2.75) is 6.54 Å². The maximum absolute atomic E-state index is 10.9. The smallest absolute Gasteiger partial charge is 0.339 e. The van der Waals surface area contributed by atoms with Crippen LogP contribution in [0.1, 0.15) is 16.1 Å². The molecule has 18 heavy (non-hydrogen) atoms. The first-order valence-electron chi connectivity index (χ1n) is 5.06. The number of hydrogen-bond acceptors (Lipinski definition) is 3. The van der Waals surface area contributed by atoms with Crippen molar-refractivity contribution in [3.8, 4) is 0 Å².